The predicted molar refractivity (Wildman–Crippen MR) is 107 cm³/mol. The van der Waals surface area contributed by atoms with Crippen molar-refractivity contribution < 1.29 is 9.84 Å². The van der Waals surface area contributed by atoms with E-state index in [4.69, 9.17) is 10.5 Å². The van der Waals surface area contributed by atoms with Gasteiger partial charge in [-0.3, -0.25) is 0 Å². The highest BCUT2D eigenvalue weighted by Gasteiger charge is 2.26. The minimum Gasteiger partial charge on any atom is -0.496 e. The molecule has 1 aliphatic rings. The van der Waals surface area contributed by atoms with Crippen molar-refractivity contribution in [3.63, 3.8) is 0 Å². The quantitative estimate of drug-likeness (QED) is 0.727. The molecule has 0 fully saturated rings. The smallest absolute Gasteiger partial charge is 0.121 e. The Balaban J connectivity index is 1.67. The molecule has 0 bridgehead atoms. The summed E-state index contributed by atoms with van der Waals surface area (Å²) in [7, 11) is 1.70. The third-order valence-electron chi connectivity index (χ3n) is 5.69. The third kappa shape index (κ3) is 3.45. The zero-order chi connectivity index (χ0) is 19.0. The molecule has 27 heavy (non-hydrogen) atoms. The summed E-state index contributed by atoms with van der Waals surface area (Å²) in [5.41, 5.74) is 12.4. The summed E-state index contributed by atoms with van der Waals surface area (Å²) in [5, 5.41) is 10.6. The van der Waals surface area contributed by atoms with E-state index in [1.54, 1.807) is 7.11 Å². The standard InChI is InChI=1S/C22H27N3O2/c1-14-7-16(3-4-22(14)27-2)12-25-13-24-19-11-18-17(10-20(19)25)8-15(5-6-23)9-21(18)26/h3-4,7,10-11,13,15,21,26H,5-6,8-9,12,23H2,1-2H3/t15-,21+/m1/s1. The van der Waals surface area contributed by atoms with Crippen molar-refractivity contribution in [3.8, 4) is 5.75 Å². The predicted octanol–water partition coefficient (Wildman–Crippen LogP) is 3.35. The first-order valence-corrected chi connectivity index (χ1v) is 9.58. The van der Waals surface area contributed by atoms with Crippen LogP contribution in [0.5, 0.6) is 5.75 Å². The van der Waals surface area contributed by atoms with Gasteiger partial charge in [0.25, 0.3) is 0 Å². The first-order chi connectivity index (χ1) is 13.1. The molecule has 2 aromatic carbocycles. The summed E-state index contributed by atoms with van der Waals surface area (Å²) in [6, 6.07) is 10.5. The van der Waals surface area contributed by atoms with Gasteiger partial charge >= 0.3 is 0 Å². The van der Waals surface area contributed by atoms with Gasteiger partial charge < -0.3 is 20.1 Å². The Hall–Kier alpha value is -2.37. The van der Waals surface area contributed by atoms with Gasteiger partial charge in [0.05, 0.1) is 30.6 Å². The van der Waals surface area contributed by atoms with Gasteiger partial charge in [0.1, 0.15) is 5.75 Å². The van der Waals surface area contributed by atoms with Gasteiger partial charge in [-0.1, -0.05) is 12.1 Å². The van der Waals surface area contributed by atoms with E-state index in [-0.39, 0.29) is 0 Å². The lowest BCUT2D eigenvalue weighted by atomic mass is 9.80. The van der Waals surface area contributed by atoms with Crippen LogP contribution in [0.3, 0.4) is 0 Å². The minimum atomic E-state index is -0.413. The van der Waals surface area contributed by atoms with Crippen LogP contribution in [0.4, 0.5) is 0 Å². The number of methoxy groups -OCH3 is 1. The van der Waals surface area contributed by atoms with Crippen LogP contribution in [0.2, 0.25) is 0 Å². The highest BCUT2D eigenvalue weighted by atomic mass is 16.5. The molecule has 0 saturated carbocycles. The van der Waals surface area contributed by atoms with Gasteiger partial charge in [0.2, 0.25) is 0 Å². The number of aliphatic hydroxyl groups is 1. The molecular weight excluding hydrogens is 338 g/mol. The van der Waals surface area contributed by atoms with Crippen LogP contribution in [0.15, 0.2) is 36.7 Å². The maximum atomic E-state index is 10.6. The van der Waals surface area contributed by atoms with Crippen molar-refractivity contribution >= 4 is 11.0 Å². The van der Waals surface area contributed by atoms with E-state index >= 15 is 0 Å². The monoisotopic (exact) mass is 365 g/mol. The summed E-state index contributed by atoms with van der Waals surface area (Å²) in [5.74, 6) is 1.36. The number of aliphatic hydroxyl groups excluding tert-OH is 1. The van der Waals surface area contributed by atoms with E-state index in [1.165, 1.54) is 11.1 Å². The maximum Gasteiger partial charge on any atom is 0.121 e. The Morgan fingerprint density at radius 1 is 1.30 bits per heavy atom. The zero-order valence-corrected chi connectivity index (χ0v) is 16.0. The molecular formula is C22H27N3O2. The van der Waals surface area contributed by atoms with Gasteiger partial charge in [-0.05, 0) is 79.1 Å². The molecule has 5 heteroatoms. The number of fused-ring (bicyclic) bond motifs is 2. The van der Waals surface area contributed by atoms with Crippen LogP contribution in [0.25, 0.3) is 11.0 Å². The van der Waals surface area contributed by atoms with E-state index < -0.39 is 6.10 Å². The molecule has 1 heterocycles. The summed E-state index contributed by atoms with van der Waals surface area (Å²) in [6.45, 7) is 3.49. The lowest BCUT2D eigenvalue weighted by Crippen LogP contribution is -2.21. The van der Waals surface area contributed by atoms with Gasteiger partial charge in [0.15, 0.2) is 0 Å². The van der Waals surface area contributed by atoms with E-state index in [1.807, 2.05) is 12.4 Å². The van der Waals surface area contributed by atoms with Gasteiger partial charge in [-0.2, -0.15) is 0 Å². The van der Waals surface area contributed by atoms with Crippen molar-refractivity contribution in [2.75, 3.05) is 13.7 Å². The zero-order valence-electron chi connectivity index (χ0n) is 16.0. The number of nitrogens with two attached hydrogens (primary N) is 1. The SMILES string of the molecule is COc1ccc(Cn2cnc3cc4c(cc32)C[C@@H](CCN)C[C@@H]4O)cc1C. The molecule has 2 atom stereocenters. The number of aromatic nitrogens is 2. The number of hydrogen-bond donors (Lipinski definition) is 2. The average Bonchev–Trinajstić information content (AvgIpc) is 3.03. The van der Waals surface area contributed by atoms with E-state index in [9.17, 15) is 5.11 Å². The van der Waals surface area contributed by atoms with E-state index in [0.717, 1.165) is 53.7 Å². The number of aryl methyl sites for hydroxylation is 1. The van der Waals surface area contributed by atoms with Crippen molar-refractivity contribution in [1.82, 2.24) is 9.55 Å². The fourth-order valence-electron chi connectivity index (χ4n) is 4.30. The Bertz CT molecular complexity index is 964. The number of imidazole rings is 1. The maximum absolute atomic E-state index is 10.6. The molecule has 0 saturated heterocycles. The molecule has 142 valence electrons. The summed E-state index contributed by atoms with van der Waals surface area (Å²) in [4.78, 5) is 4.58. The normalized spacial score (nSPS) is 19.3. The number of benzene rings is 2. The largest absolute Gasteiger partial charge is 0.496 e. The first kappa shape index (κ1) is 18.0. The van der Waals surface area contributed by atoms with Crippen molar-refractivity contribution in [2.24, 2.45) is 11.7 Å². The Labute approximate surface area is 159 Å². The molecule has 4 rings (SSSR count). The van der Waals surface area contributed by atoms with Crippen LogP contribution in [0, 0.1) is 12.8 Å². The molecule has 1 aromatic heterocycles. The third-order valence-corrected chi connectivity index (χ3v) is 5.69. The summed E-state index contributed by atoms with van der Waals surface area (Å²) < 4.78 is 7.53. The fraction of sp³-hybridized carbons (Fsp3) is 0.409. The highest BCUT2D eigenvalue weighted by Crippen LogP contribution is 2.36. The van der Waals surface area contributed by atoms with Crippen LogP contribution >= 0.6 is 0 Å². The number of hydrogen-bond acceptors (Lipinski definition) is 4. The Morgan fingerprint density at radius 3 is 2.89 bits per heavy atom. The number of ether oxygens (including phenoxy) is 1. The molecule has 1 aliphatic carbocycles. The Kier molecular flexibility index (Phi) is 4.89. The Morgan fingerprint density at radius 2 is 2.15 bits per heavy atom. The second kappa shape index (κ2) is 7.33. The minimum absolute atomic E-state index is 0.413. The van der Waals surface area contributed by atoms with Crippen LogP contribution < -0.4 is 10.5 Å². The van der Waals surface area contributed by atoms with Crippen molar-refractivity contribution in [1.29, 1.82) is 0 Å². The van der Waals surface area contributed by atoms with Gasteiger partial charge in [-0.15, -0.1) is 0 Å². The fourth-order valence-corrected chi connectivity index (χ4v) is 4.30. The van der Waals surface area contributed by atoms with Gasteiger partial charge in [-0.25, -0.2) is 4.98 Å². The average molecular weight is 365 g/mol. The molecule has 0 aliphatic heterocycles. The van der Waals surface area contributed by atoms with Crippen LogP contribution in [0.1, 0.15) is 41.2 Å². The summed E-state index contributed by atoms with van der Waals surface area (Å²) >= 11 is 0. The summed E-state index contributed by atoms with van der Waals surface area (Å²) in [6.07, 6.45) is 4.20. The highest BCUT2D eigenvalue weighted by molar-refractivity contribution is 5.78. The van der Waals surface area contributed by atoms with Crippen molar-refractivity contribution in [3.05, 3.63) is 58.9 Å². The second-order valence-corrected chi connectivity index (χ2v) is 7.62. The van der Waals surface area contributed by atoms with Crippen LogP contribution in [-0.4, -0.2) is 28.3 Å². The van der Waals surface area contributed by atoms with E-state index in [0.29, 0.717) is 12.5 Å². The second-order valence-electron chi connectivity index (χ2n) is 7.62. The lowest BCUT2D eigenvalue weighted by Gasteiger charge is -2.28. The number of rotatable bonds is 5. The van der Waals surface area contributed by atoms with E-state index in [2.05, 4.69) is 40.7 Å². The lowest BCUT2D eigenvalue weighted by molar-refractivity contribution is 0.130. The molecule has 3 N–H and O–H groups in total. The van der Waals surface area contributed by atoms with Gasteiger partial charge in [0, 0.05) is 6.54 Å². The van der Waals surface area contributed by atoms with Crippen LogP contribution in [-0.2, 0) is 13.0 Å². The molecule has 0 spiro atoms. The van der Waals surface area contributed by atoms with Crippen molar-refractivity contribution in [2.45, 2.75) is 38.8 Å². The number of nitrogens with zero attached hydrogens (tertiary/aromatic N) is 2. The molecule has 0 unspecified atom stereocenters. The topological polar surface area (TPSA) is 73.3 Å². The molecule has 0 radical (unpaired) electrons. The molecule has 3 aromatic rings. The first-order valence-electron chi connectivity index (χ1n) is 9.58. The molecule has 0 amide bonds. The molecule has 5 nitrogen and oxygen atoms in total.